The van der Waals surface area contributed by atoms with E-state index in [4.69, 9.17) is 0 Å². The molecule has 0 unspecified atom stereocenters. The Morgan fingerprint density at radius 2 is 1.95 bits per heavy atom. The van der Waals surface area contributed by atoms with Crippen LogP contribution in [0.25, 0.3) is 0 Å². The van der Waals surface area contributed by atoms with Crippen molar-refractivity contribution in [2.45, 2.75) is 24.4 Å². The number of nitrogens with zero attached hydrogens (tertiary/aromatic N) is 3. The standard InChI is InChI=1S/C13H23N5S/c1-14-11-10-12(17-13(16-11)19-2)15-6-9-18-7-4-3-5-8-18/h10H,3-9H2,1-2H3,(H2,14,15,16,17). The minimum absolute atomic E-state index is 0.798. The molecule has 0 saturated carbocycles. The molecule has 6 heteroatoms. The van der Waals surface area contributed by atoms with Gasteiger partial charge in [0.25, 0.3) is 0 Å². The van der Waals surface area contributed by atoms with Gasteiger partial charge in [0, 0.05) is 26.2 Å². The Hall–Kier alpha value is -1.01. The summed E-state index contributed by atoms with van der Waals surface area (Å²) in [5.41, 5.74) is 0. The lowest BCUT2D eigenvalue weighted by Crippen LogP contribution is -2.33. The number of thioether (sulfide) groups is 1. The van der Waals surface area contributed by atoms with Crippen LogP contribution in [-0.2, 0) is 0 Å². The van der Waals surface area contributed by atoms with Crippen molar-refractivity contribution in [2.75, 3.05) is 50.1 Å². The molecule has 0 atom stereocenters. The average Bonchev–Trinajstić information content (AvgIpc) is 2.48. The zero-order valence-corrected chi connectivity index (χ0v) is 12.6. The second kappa shape index (κ2) is 7.55. The second-order valence-corrected chi connectivity index (χ2v) is 5.48. The van der Waals surface area contributed by atoms with E-state index in [9.17, 15) is 0 Å². The van der Waals surface area contributed by atoms with Crippen molar-refractivity contribution in [3.8, 4) is 0 Å². The molecule has 0 bridgehead atoms. The minimum Gasteiger partial charge on any atom is -0.373 e. The molecule has 5 nitrogen and oxygen atoms in total. The predicted octanol–water partition coefficient (Wildman–Crippen LogP) is 2.14. The first-order valence-corrected chi connectivity index (χ1v) is 8.11. The summed E-state index contributed by atoms with van der Waals surface area (Å²) in [6.07, 6.45) is 6.06. The van der Waals surface area contributed by atoms with Crippen LogP contribution in [0.15, 0.2) is 11.2 Å². The van der Waals surface area contributed by atoms with Crippen molar-refractivity contribution in [1.82, 2.24) is 14.9 Å². The van der Waals surface area contributed by atoms with Gasteiger partial charge in [-0.1, -0.05) is 18.2 Å². The lowest BCUT2D eigenvalue weighted by Gasteiger charge is -2.26. The third-order valence-corrected chi connectivity index (χ3v) is 3.87. The summed E-state index contributed by atoms with van der Waals surface area (Å²) < 4.78 is 0. The number of rotatable bonds is 6. The normalized spacial score (nSPS) is 16.3. The number of anilines is 2. The second-order valence-electron chi connectivity index (χ2n) is 4.70. The molecule has 1 aliphatic rings. The maximum atomic E-state index is 4.46. The molecule has 2 heterocycles. The molecule has 2 N–H and O–H groups in total. The first-order valence-electron chi connectivity index (χ1n) is 6.89. The van der Waals surface area contributed by atoms with Crippen molar-refractivity contribution in [1.29, 1.82) is 0 Å². The molecule has 0 radical (unpaired) electrons. The Morgan fingerprint density at radius 3 is 2.63 bits per heavy atom. The van der Waals surface area contributed by atoms with Crippen molar-refractivity contribution in [3.63, 3.8) is 0 Å². The molecule has 1 aromatic heterocycles. The topological polar surface area (TPSA) is 53.1 Å². The zero-order chi connectivity index (χ0) is 13.5. The first kappa shape index (κ1) is 14.4. The molecule has 106 valence electrons. The van der Waals surface area contributed by atoms with Crippen molar-refractivity contribution in [2.24, 2.45) is 0 Å². The van der Waals surface area contributed by atoms with Crippen LogP contribution in [0.1, 0.15) is 19.3 Å². The lowest BCUT2D eigenvalue weighted by molar-refractivity contribution is 0.237. The molecule has 1 aliphatic heterocycles. The molecule has 1 aromatic rings. The highest BCUT2D eigenvalue weighted by Crippen LogP contribution is 2.16. The van der Waals surface area contributed by atoms with Gasteiger partial charge in [-0.05, 0) is 32.2 Å². The van der Waals surface area contributed by atoms with Gasteiger partial charge in [-0.2, -0.15) is 0 Å². The van der Waals surface area contributed by atoms with E-state index in [1.54, 1.807) is 11.8 Å². The van der Waals surface area contributed by atoms with Gasteiger partial charge in [0.15, 0.2) is 5.16 Å². The van der Waals surface area contributed by atoms with E-state index in [1.165, 1.54) is 32.4 Å². The van der Waals surface area contributed by atoms with E-state index in [2.05, 4.69) is 25.5 Å². The number of hydrogen-bond acceptors (Lipinski definition) is 6. The van der Waals surface area contributed by atoms with Crippen LogP contribution < -0.4 is 10.6 Å². The Bertz CT molecular complexity index is 370. The number of likely N-dealkylation sites (tertiary alicyclic amines) is 1. The summed E-state index contributed by atoms with van der Waals surface area (Å²) in [7, 11) is 1.88. The predicted molar refractivity (Wildman–Crippen MR) is 82.1 cm³/mol. The van der Waals surface area contributed by atoms with Gasteiger partial charge in [0.2, 0.25) is 0 Å². The third-order valence-electron chi connectivity index (χ3n) is 3.33. The first-order chi connectivity index (χ1) is 9.31. The molecule has 0 spiro atoms. The van der Waals surface area contributed by atoms with Gasteiger partial charge in [-0.25, -0.2) is 9.97 Å². The van der Waals surface area contributed by atoms with E-state index in [0.717, 1.165) is 29.9 Å². The molecule has 1 fully saturated rings. The van der Waals surface area contributed by atoms with E-state index >= 15 is 0 Å². The Kier molecular flexibility index (Phi) is 5.72. The lowest BCUT2D eigenvalue weighted by atomic mass is 10.1. The molecular formula is C13H23N5S. The smallest absolute Gasteiger partial charge is 0.191 e. The number of nitrogens with one attached hydrogen (secondary N) is 2. The van der Waals surface area contributed by atoms with Crippen LogP contribution in [0, 0.1) is 0 Å². The maximum Gasteiger partial charge on any atom is 0.191 e. The molecule has 0 amide bonds. The summed E-state index contributed by atoms with van der Waals surface area (Å²) >= 11 is 1.56. The fraction of sp³-hybridized carbons (Fsp3) is 0.692. The highest BCUT2D eigenvalue weighted by Gasteiger charge is 2.09. The quantitative estimate of drug-likeness (QED) is 0.615. The van der Waals surface area contributed by atoms with Crippen molar-refractivity contribution >= 4 is 23.4 Å². The van der Waals surface area contributed by atoms with Crippen LogP contribution >= 0.6 is 11.8 Å². The van der Waals surface area contributed by atoms with Crippen molar-refractivity contribution < 1.29 is 0 Å². The van der Waals surface area contributed by atoms with Crippen LogP contribution in [0.3, 0.4) is 0 Å². The van der Waals surface area contributed by atoms with Gasteiger partial charge in [-0.15, -0.1) is 0 Å². The highest BCUT2D eigenvalue weighted by atomic mass is 32.2. The average molecular weight is 281 g/mol. The molecule has 1 saturated heterocycles. The highest BCUT2D eigenvalue weighted by molar-refractivity contribution is 7.98. The number of hydrogen-bond donors (Lipinski definition) is 2. The van der Waals surface area contributed by atoms with E-state index in [1.807, 2.05) is 19.4 Å². The summed E-state index contributed by atoms with van der Waals surface area (Å²) in [6, 6.07) is 1.95. The monoisotopic (exact) mass is 281 g/mol. The zero-order valence-electron chi connectivity index (χ0n) is 11.8. The Morgan fingerprint density at radius 1 is 1.21 bits per heavy atom. The Labute approximate surface area is 119 Å². The molecular weight excluding hydrogens is 258 g/mol. The number of piperidine rings is 1. The van der Waals surface area contributed by atoms with Gasteiger partial charge in [-0.3, -0.25) is 0 Å². The van der Waals surface area contributed by atoms with Crippen LogP contribution in [0.4, 0.5) is 11.6 Å². The SMILES string of the molecule is CNc1cc(NCCN2CCCCC2)nc(SC)n1. The summed E-state index contributed by atoms with van der Waals surface area (Å²) in [6.45, 7) is 4.51. The molecule has 2 rings (SSSR count). The van der Waals surface area contributed by atoms with E-state index in [0.29, 0.717) is 0 Å². The van der Waals surface area contributed by atoms with E-state index in [-0.39, 0.29) is 0 Å². The number of aromatic nitrogens is 2. The van der Waals surface area contributed by atoms with Gasteiger partial charge in [0.05, 0.1) is 0 Å². The maximum absolute atomic E-state index is 4.46. The fourth-order valence-electron chi connectivity index (χ4n) is 2.26. The minimum atomic E-state index is 0.798. The Balaban J connectivity index is 1.84. The molecule has 19 heavy (non-hydrogen) atoms. The summed E-state index contributed by atoms with van der Waals surface area (Å²) in [4.78, 5) is 11.3. The van der Waals surface area contributed by atoms with Gasteiger partial charge < -0.3 is 15.5 Å². The van der Waals surface area contributed by atoms with Crippen LogP contribution in [-0.4, -0.2) is 54.4 Å². The van der Waals surface area contributed by atoms with Gasteiger partial charge in [0.1, 0.15) is 11.6 Å². The summed E-state index contributed by atoms with van der Waals surface area (Å²) in [5.74, 6) is 1.76. The third kappa shape index (κ3) is 4.54. The van der Waals surface area contributed by atoms with Gasteiger partial charge >= 0.3 is 0 Å². The largest absolute Gasteiger partial charge is 0.373 e. The van der Waals surface area contributed by atoms with E-state index < -0.39 is 0 Å². The molecule has 0 aliphatic carbocycles. The van der Waals surface area contributed by atoms with Crippen LogP contribution in [0.5, 0.6) is 0 Å². The fourth-order valence-corrected chi connectivity index (χ4v) is 2.64. The summed E-state index contributed by atoms with van der Waals surface area (Å²) in [5, 5.41) is 7.26. The van der Waals surface area contributed by atoms with Crippen molar-refractivity contribution in [3.05, 3.63) is 6.07 Å². The molecule has 0 aromatic carbocycles. The van der Waals surface area contributed by atoms with Crippen LogP contribution in [0.2, 0.25) is 0 Å².